The van der Waals surface area contributed by atoms with E-state index < -0.39 is 0 Å². The van der Waals surface area contributed by atoms with E-state index in [1.165, 1.54) is 17.0 Å². The van der Waals surface area contributed by atoms with Crippen molar-refractivity contribution in [1.82, 2.24) is 0 Å². The Kier molecular flexibility index (Phi) is 3.87. The molecule has 0 unspecified atom stereocenters. The second kappa shape index (κ2) is 5.40. The summed E-state index contributed by atoms with van der Waals surface area (Å²) in [7, 11) is 0. The predicted molar refractivity (Wildman–Crippen MR) is 76.5 cm³/mol. The van der Waals surface area contributed by atoms with Crippen LogP contribution in [0.25, 0.3) is 0 Å². The molecule has 0 amide bonds. The van der Waals surface area contributed by atoms with Gasteiger partial charge in [-0.3, -0.25) is 0 Å². The Morgan fingerprint density at radius 2 is 2.11 bits per heavy atom. The first kappa shape index (κ1) is 12.9. The van der Waals surface area contributed by atoms with Gasteiger partial charge < -0.3 is 10.6 Å². The van der Waals surface area contributed by atoms with E-state index >= 15 is 0 Å². The second-order valence-corrected chi connectivity index (χ2v) is 5.54. The van der Waals surface area contributed by atoms with Crippen LogP contribution in [0.1, 0.15) is 18.7 Å². The fourth-order valence-electron chi connectivity index (χ4n) is 1.88. The first-order chi connectivity index (χ1) is 8.58. The van der Waals surface area contributed by atoms with Crippen LogP contribution >= 0.6 is 11.3 Å². The van der Waals surface area contributed by atoms with Crippen LogP contribution < -0.4 is 10.6 Å². The first-order valence-electron chi connectivity index (χ1n) is 5.92. The summed E-state index contributed by atoms with van der Waals surface area (Å²) < 4.78 is 13.4. The first-order valence-corrected chi connectivity index (χ1v) is 6.80. The minimum atomic E-state index is -0.254. The van der Waals surface area contributed by atoms with Crippen LogP contribution in [0.15, 0.2) is 35.7 Å². The Bertz CT molecular complexity index is 509. The zero-order valence-electron chi connectivity index (χ0n) is 10.6. The van der Waals surface area contributed by atoms with Crippen molar-refractivity contribution in [3.8, 4) is 0 Å². The van der Waals surface area contributed by atoms with Crippen LogP contribution in [0, 0.1) is 5.82 Å². The number of hydrogen-bond donors (Lipinski definition) is 1. The summed E-state index contributed by atoms with van der Waals surface area (Å²) in [6, 6.07) is 8.87. The van der Waals surface area contributed by atoms with Crippen LogP contribution in [0.3, 0.4) is 0 Å². The van der Waals surface area contributed by atoms with Crippen LogP contribution in [0.4, 0.5) is 15.8 Å². The lowest BCUT2D eigenvalue weighted by atomic mass is 10.2. The molecule has 0 atom stereocenters. The normalized spacial score (nSPS) is 10.9. The largest absolute Gasteiger partial charge is 0.397 e. The Morgan fingerprint density at radius 3 is 2.72 bits per heavy atom. The molecule has 2 rings (SSSR count). The van der Waals surface area contributed by atoms with Crippen LogP contribution in [0.5, 0.6) is 0 Å². The molecule has 0 aliphatic heterocycles. The van der Waals surface area contributed by atoms with Gasteiger partial charge in [0.1, 0.15) is 5.82 Å². The predicted octanol–water partition coefficient (Wildman–Crippen LogP) is 3.88. The summed E-state index contributed by atoms with van der Waals surface area (Å²) in [6.45, 7) is 4.92. The van der Waals surface area contributed by atoms with Gasteiger partial charge in [-0.2, -0.15) is 0 Å². The van der Waals surface area contributed by atoms with Gasteiger partial charge in [-0.25, -0.2) is 4.39 Å². The zero-order chi connectivity index (χ0) is 13.1. The highest BCUT2D eigenvalue weighted by Crippen LogP contribution is 2.28. The molecule has 18 heavy (non-hydrogen) atoms. The minimum Gasteiger partial charge on any atom is -0.397 e. The van der Waals surface area contributed by atoms with E-state index in [1.54, 1.807) is 17.4 Å². The molecule has 0 fully saturated rings. The minimum absolute atomic E-state index is 0.254. The van der Waals surface area contributed by atoms with E-state index in [0.29, 0.717) is 5.69 Å². The number of anilines is 2. The number of benzene rings is 1. The number of nitrogens with zero attached hydrogens (tertiary/aromatic N) is 1. The van der Waals surface area contributed by atoms with Crippen molar-refractivity contribution in [2.24, 2.45) is 0 Å². The Labute approximate surface area is 111 Å². The number of hydrogen-bond acceptors (Lipinski definition) is 3. The molecule has 2 N–H and O–H groups in total. The Morgan fingerprint density at radius 1 is 1.33 bits per heavy atom. The summed E-state index contributed by atoms with van der Waals surface area (Å²) in [5.41, 5.74) is 7.33. The topological polar surface area (TPSA) is 29.3 Å². The number of thiophene rings is 1. The molecule has 1 aromatic heterocycles. The highest BCUT2D eigenvalue weighted by molar-refractivity contribution is 7.09. The maximum Gasteiger partial charge on any atom is 0.125 e. The molecular weight excluding hydrogens is 247 g/mol. The monoisotopic (exact) mass is 264 g/mol. The average molecular weight is 264 g/mol. The summed E-state index contributed by atoms with van der Waals surface area (Å²) in [5, 5.41) is 2.04. The number of halogens is 1. The highest BCUT2D eigenvalue weighted by Gasteiger charge is 2.15. The van der Waals surface area contributed by atoms with Crippen molar-refractivity contribution in [3.05, 3.63) is 46.4 Å². The van der Waals surface area contributed by atoms with Gasteiger partial charge in [-0.05, 0) is 43.5 Å². The van der Waals surface area contributed by atoms with Gasteiger partial charge in [0, 0.05) is 10.9 Å². The van der Waals surface area contributed by atoms with E-state index in [2.05, 4.69) is 24.8 Å². The van der Waals surface area contributed by atoms with Crippen LogP contribution in [-0.4, -0.2) is 6.04 Å². The lowest BCUT2D eigenvalue weighted by Gasteiger charge is -2.29. The van der Waals surface area contributed by atoms with Crippen LogP contribution in [0.2, 0.25) is 0 Å². The van der Waals surface area contributed by atoms with Gasteiger partial charge in [0.25, 0.3) is 0 Å². The Balaban J connectivity index is 2.32. The SMILES string of the molecule is CC(C)N(Cc1cccs1)c1cc(F)ccc1N. The molecule has 0 aliphatic carbocycles. The molecule has 1 heterocycles. The number of nitrogen functional groups attached to an aromatic ring is 1. The van der Waals surface area contributed by atoms with E-state index in [0.717, 1.165) is 12.2 Å². The van der Waals surface area contributed by atoms with Gasteiger partial charge in [0.05, 0.1) is 17.9 Å². The van der Waals surface area contributed by atoms with Crippen molar-refractivity contribution >= 4 is 22.7 Å². The van der Waals surface area contributed by atoms with Crippen molar-refractivity contribution in [2.45, 2.75) is 26.4 Å². The lowest BCUT2D eigenvalue weighted by Crippen LogP contribution is -2.30. The molecule has 0 saturated heterocycles. The fourth-order valence-corrected chi connectivity index (χ4v) is 2.58. The van der Waals surface area contributed by atoms with Crippen molar-refractivity contribution in [2.75, 3.05) is 10.6 Å². The molecule has 0 spiro atoms. The molecule has 96 valence electrons. The van der Waals surface area contributed by atoms with E-state index in [9.17, 15) is 4.39 Å². The summed E-state index contributed by atoms with van der Waals surface area (Å²) in [4.78, 5) is 3.36. The quantitative estimate of drug-likeness (QED) is 0.849. The van der Waals surface area contributed by atoms with E-state index in [-0.39, 0.29) is 11.9 Å². The van der Waals surface area contributed by atoms with Crippen LogP contribution in [-0.2, 0) is 6.54 Å². The molecule has 4 heteroatoms. The smallest absolute Gasteiger partial charge is 0.125 e. The third-order valence-electron chi connectivity index (χ3n) is 2.83. The number of nitrogens with two attached hydrogens (primary N) is 1. The van der Waals surface area contributed by atoms with Gasteiger partial charge in [0.2, 0.25) is 0 Å². The average Bonchev–Trinajstić information content (AvgIpc) is 2.82. The molecule has 0 saturated carbocycles. The lowest BCUT2D eigenvalue weighted by molar-refractivity contribution is 0.623. The highest BCUT2D eigenvalue weighted by atomic mass is 32.1. The number of rotatable bonds is 4. The third-order valence-corrected chi connectivity index (χ3v) is 3.69. The Hall–Kier alpha value is -1.55. The molecule has 0 radical (unpaired) electrons. The van der Waals surface area contributed by atoms with Crippen molar-refractivity contribution < 1.29 is 4.39 Å². The maximum absolute atomic E-state index is 13.4. The van der Waals surface area contributed by atoms with Gasteiger partial charge in [-0.1, -0.05) is 6.07 Å². The summed E-state index contributed by atoms with van der Waals surface area (Å²) in [5.74, 6) is -0.254. The van der Waals surface area contributed by atoms with Crippen molar-refractivity contribution in [3.63, 3.8) is 0 Å². The molecule has 0 aliphatic rings. The molecular formula is C14H17FN2S. The molecule has 2 nitrogen and oxygen atoms in total. The summed E-state index contributed by atoms with van der Waals surface area (Å²) in [6.07, 6.45) is 0. The van der Waals surface area contributed by atoms with Gasteiger partial charge in [-0.15, -0.1) is 11.3 Å². The van der Waals surface area contributed by atoms with E-state index in [4.69, 9.17) is 5.73 Å². The molecule has 0 bridgehead atoms. The third kappa shape index (κ3) is 2.82. The van der Waals surface area contributed by atoms with E-state index in [1.807, 2.05) is 11.4 Å². The summed E-state index contributed by atoms with van der Waals surface area (Å²) >= 11 is 1.70. The molecule has 2 aromatic rings. The van der Waals surface area contributed by atoms with Crippen molar-refractivity contribution in [1.29, 1.82) is 0 Å². The van der Waals surface area contributed by atoms with Gasteiger partial charge in [0.15, 0.2) is 0 Å². The zero-order valence-corrected chi connectivity index (χ0v) is 11.4. The second-order valence-electron chi connectivity index (χ2n) is 4.50. The maximum atomic E-state index is 13.4. The standard InChI is InChI=1S/C14H17FN2S/c1-10(2)17(9-12-4-3-7-18-12)14-8-11(15)5-6-13(14)16/h3-8,10H,9,16H2,1-2H3. The van der Waals surface area contributed by atoms with Gasteiger partial charge >= 0.3 is 0 Å². The fraction of sp³-hybridized carbons (Fsp3) is 0.286. The molecule has 1 aromatic carbocycles.